The number of benzene rings is 1. The van der Waals surface area contributed by atoms with Crippen LogP contribution < -0.4 is 5.32 Å². The van der Waals surface area contributed by atoms with Gasteiger partial charge >= 0.3 is 5.97 Å². The molecule has 4 N–H and O–H groups in total. The molecule has 0 bridgehead atoms. The number of H-pyrrole nitrogens is 2. The summed E-state index contributed by atoms with van der Waals surface area (Å²) < 4.78 is 0. The Morgan fingerprint density at radius 2 is 1.90 bits per heavy atom. The number of carbonyl (C=O) groups is 2. The molecule has 6 nitrogen and oxygen atoms in total. The van der Waals surface area contributed by atoms with E-state index < -0.39 is 5.97 Å². The fourth-order valence-corrected chi connectivity index (χ4v) is 2.24. The smallest absolute Gasteiger partial charge is 0.354 e. The van der Waals surface area contributed by atoms with Crippen molar-refractivity contribution >= 4 is 28.5 Å². The Labute approximate surface area is 119 Å². The first-order valence-corrected chi connectivity index (χ1v) is 6.36. The van der Waals surface area contributed by atoms with Crippen molar-refractivity contribution in [3.63, 3.8) is 0 Å². The van der Waals surface area contributed by atoms with E-state index in [9.17, 15) is 9.59 Å². The molecule has 3 aromatic rings. The molecule has 0 aliphatic carbocycles. The lowest BCUT2D eigenvalue weighted by Gasteiger charge is -2.02. The number of anilines is 1. The highest BCUT2D eigenvalue weighted by atomic mass is 16.4. The van der Waals surface area contributed by atoms with Gasteiger partial charge in [0.15, 0.2) is 0 Å². The Morgan fingerprint density at radius 1 is 1.14 bits per heavy atom. The van der Waals surface area contributed by atoms with E-state index in [0.29, 0.717) is 11.4 Å². The summed E-state index contributed by atoms with van der Waals surface area (Å²) in [6.45, 7) is 1.73. The molecule has 3 rings (SSSR count). The van der Waals surface area contributed by atoms with Gasteiger partial charge in [-0.1, -0.05) is 18.2 Å². The van der Waals surface area contributed by atoms with E-state index in [2.05, 4.69) is 15.3 Å². The number of para-hydroxylation sites is 1. The van der Waals surface area contributed by atoms with E-state index >= 15 is 0 Å². The molecule has 0 spiro atoms. The summed E-state index contributed by atoms with van der Waals surface area (Å²) in [5.74, 6) is -1.50. The van der Waals surface area contributed by atoms with Crippen LogP contribution in [-0.2, 0) is 0 Å². The molecule has 21 heavy (non-hydrogen) atoms. The minimum Gasteiger partial charge on any atom is -0.477 e. The lowest BCUT2D eigenvalue weighted by atomic mass is 10.2. The SMILES string of the molecule is Cc1cc(NC(=O)c2cc3ccccc3[nH]2)c(C(=O)O)[nH]1. The molecule has 1 aromatic carbocycles. The average molecular weight is 283 g/mol. The third-order valence-electron chi connectivity index (χ3n) is 3.19. The topological polar surface area (TPSA) is 98.0 Å². The average Bonchev–Trinajstić information content (AvgIpc) is 3.02. The van der Waals surface area contributed by atoms with Gasteiger partial charge in [0.1, 0.15) is 11.4 Å². The second-order valence-corrected chi connectivity index (χ2v) is 4.77. The highest BCUT2D eigenvalue weighted by Crippen LogP contribution is 2.19. The number of carbonyl (C=O) groups excluding carboxylic acids is 1. The lowest BCUT2D eigenvalue weighted by molar-refractivity contribution is 0.0692. The Kier molecular flexibility index (Phi) is 2.98. The van der Waals surface area contributed by atoms with Gasteiger partial charge in [0.05, 0.1) is 5.69 Å². The number of aromatic amines is 2. The number of nitrogens with one attached hydrogen (secondary N) is 3. The molecular weight excluding hydrogens is 270 g/mol. The first-order chi connectivity index (χ1) is 10.0. The van der Waals surface area contributed by atoms with E-state index in [1.807, 2.05) is 24.3 Å². The third kappa shape index (κ3) is 2.38. The van der Waals surface area contributed by atoms with E-state index in [1.165, 1.54) is 0 Å². The zero-order valence-corrected chi connectivity index (χ0v) is 11.2. The maximum atomic E-state index is 12.2. The molecule has 2 heterocycles. The zero-order chi connectivity index (χ0) is 15.0. The minimum atomic E-state index is -1.12. The van der Waals surface area contributed by atoms with Gasteiger partial charge in [-0.2, -0.15) is 0 Å². The van der Waals surface area contributed by atoms with Crippen LogP contribution in [0.2, 0.25) is 0 Å². The lowest BCUT2D eigenvalue weighted by Crippen LogP contribution is -2.14. The molecule has 0 saturated heterocycles. The molecule has 0 aliphatic heterocycles. The van der Waals surface area contributed by atoms with Gasteiger partial charge < -0.3 is 20.4 Å². The highest BCUT2D eigenvalue weighted by molar-refractivity contribution is 6.08. The quantitative estimate of drug-likeness (QED) is 0.595. The molecule has 0 atom stereocenters. The number of hydrogen-bond acceptors (Lipinski definition) is 2. The number of hydrogen-bond donors (Lipinski definition) is 4. The van der Waals surface area contributed by atoms with Crippen molar-refractivity contribution in [3.8, 4) is 0 Å². The van der Waals surface area contributed by atoms with Crippen molar-refractivity contribution in [1.29, 1.82) is 0 Å². The standard InChI is InChI=1S/C15H13N3O3/c1-8-6-11(13(16-8)15(20)21)18-14(19)12-7-9-4-2-3-5-10(9)17-12/h2-7,16-17H,1H3,(H,18,19)(H,20,21). The van der Waals surface area contributed by atoms with Gasteiger partial charge in [0.2, 0.25) is 0 Å². The molecule has 0 unspecified atom stereocenters. The van der Waals surface area contributed by atoms with Crippen molar-refractivity contribution in [3.05, 3.63) is 53.5 Å². The van der Waals surface area contributed by atoms with Crippen LogP contribution in [0.5, 0.6) is 0 Å². The number of carboxylic acids is 1. The number of aryl methyl sites for hydroxylation is 1. The van der Waals surface area contributed by atoms with Gasteiger partial charge in [-0.3, -0.25) is 4.79 Å². The molecule has 2 aromatic heterocycles. The predicted molar refractivity (Wildman–Crippen MR) is 78.7 cm³/mol. The maximum Gasteiger partial charge on any atom is 0.354 e. The second-order valence-electron chi connectivity index (χ2n) is 4.77. The Balaban J connectivity index is 1.91. The molecular formula is C15H13N3O3. The summed E-state index contributed by atoms with van der Waals surface area (Å²) in [6, 6.07) is 10.8. The largest absolute Gasteiger partial charge is 0.477 e. The highest BCUT2D eigenvalue weighted by Gasteiger charge is 2.17. The summed E-state index contributed by atoms with van der Waals surface area (Å²) in [5.41, 5.74) is 2.12. The Morgan fingerprint density at radius 3 is 2.62 bits per heavy atom. The van der Waals surface area contributed by atoms with Crippen LogP contribution in [0, 0.1) is 6.92 Å². The number of amides is 1. The monoisotopic (exact) mass is 283 g/mol. The predicted octanol–water partition coefficient (Wildman–Crippen LogP) is 2.75. The van der Waals surface area contributed by atoms with E-state index in [4.69, 9.17) is 5.11 Å². The summed E-state index contributed by atoms with van der Waals surface area (Å²) in [4.78, 5) is 29.0. The fraction of sp³-hybridized carbons (Fsp3) is 0.0667. The molecule has 0 saturated carbocycles. The van der Waals surface area contributed by atoms with Gasteiger partial charge in [-0.05, 0) is 25.1 Å². The van der Waals surface area contributed by atoms with Gasteiger partial charge in [0.25, 0.3) is 5.91 Å². The maximum absolute atomic E-state index is 12.2. The van der Waals surface area contributed by atoms with Crippen molar-refractivity contribution in [1.82, 2.24) is 9.97 Å². The first-order valence-electron chi connectivity index (χ1n) is 6.36. The molecule has 1 amide bonds. The number of carboxylic acid groups (broad SMARTS) is 1. The van der Waals surface area contributed by atoms with Crippen molar-refractivity contribution < 1.29 is 14.7 Å². The van der Waals surface area contributed by atoms with Crippen molar-refractivity contribution in [2.75, 3.05) is 5.32 Å². The van der Waals surface area contributed by atoms with E-state index in [1.54, 1.807) is 19.1 Å². The van der Waals surface area contributed by atoms with Crippen LogP contribution in [-0.4, -0.2) is 27.0 Å². The molecule has 0 radical (unpaired) electrons. The summed E-state index contributed by atoms with van der Waals surface area (Å²) >= 11 is 0. The number of rotatable bonds is 3. The van der Waals surface area contributed by atoms with Crippen molar-refractivity contribution in [2.24, 2.45) is 0 Å². The van der Waals surface area contributed by atoms with Crippen LogP contribution in [0.4, 0.5) is 5.69 Å². The minimum absolute atomic E-state index is 0.0306. The summed E-state index contributed by atoms with van der Waals surface area (Å²) in [7, 11) is 0. The zero-order valence-electron chi connectivity index (χ0n) is 11.2. The molecule has 0 aliphatic rings. The Bertz CT molecular complexity index is 812. The number of aromatic nitrogens is 2. The summed E-state index contributed by atoms with van der Waals surface area (Å²) in [6.07, 6.45) is 0. The first kappa shape index (κ1) is 13.0. The van der Waals surface area contributed by atoms with E-state index in [-0.39, 0.29) is 17.3 Å². The van der Waals surface area contributed by atoms with Gasteiger partial charge in [0, 0.05) is 16.6 Å². The number of aromatic carboxylic acids is 1. The number of fused-ring (bicyclic) bond motifs is 1. The van der Waals surface area contributed by atoms with Crippen LogP contribution in [0.3, 0.4) is 0 Å². The second kappa shape index (κ2) is 4.82. The van der Waals surface area contributed by atoms with Crippen LogP contribution in [0.1, 0.15) is 26.7 Å². The normalized spacial score (nSPS) is 10.7. The molecule has 106 valence electrons. The Hall–Kier alpha value is -3.02. The van der Waals surface area contributed by atoms with Crippen LogP contribution in [0.25, 0.3) is 10.9 Å². The van der Waals surface area contributed by atoms with Gasteiger partial charge in [-0.15, -0.1) is 0 Å². The molecule has 6 heteroatoms. The van der Waals surface area contributed by atoms with E-state index in [0.717, 1.165) is 10.9 Å². The summed E-state index contributed by atoms with van der Waals surface area (Å²) in [5, 5.41) is 12.6. The van der Waals surface area contributed by atoms with Crippen LogP contribution in [0.15, 0.2) is 36.4 Å². The molecule has 0 fully saturated rings. The van der Waals surface area contributed by atoms with Crippen LogP contribution >= 0.6 is 0 Å². The van der Waals surface area contributed by atoms with Gasteiger partial charge in [-0.25, -0.2) is 4.79 Å². The van der Waals surface area contributed by atoms with Crippen molar-refractivity contribution in [2.45, 2.75) is 6.92 Å². The fourth-order valence-electron chi connectivity index (χ4n) is 2.24. The third-order valence-corrected chi connectivity index (χ3v) is 3.19.